The summed E-state index contributed by atoms with van der Waals surface area (Å²) in [5.74, 6) is -0.0268. The van der Waals surface area contributed by atoms with Gasteiger partial charge in [-0.15, -0.1) is 0 Å². The van der Waals surface area contributed by atoms with Gasteiger partial charge in [-0.3, -0.25) is 9.59 Å². The van der Waals surface area contributed by atoms with E-state index in [1.54, 1.807) is 11.0 Å². The second-order valence-electron chi connectivity index (χ2n) is 7.30. The molecule has 1 saturated heterocycles. The van der Waals surface area contributed by atoms with Crippen molar-refractivity contribution in [2.24, 2.45) is 0 Å². The lowest BCUT2D eigenvalue weighted by atomic mass is 10.1. The van der Waals surface area contributed by atoms with Crippen molar-refractivity contribution in [3.63, 3.8) is 0 Å². The van der Waals surface area contributed by atoms with Gasteiger partial charge in [0.15, 0.2) is 0 Å². The lowest BCUT2D eigenvalue weighted by molar-refractivity contribution is 0.0533. The molecule has 1 aromatic heterocycles. The first kappa shape index (κ1) is 18.6. The number of hydrogen-bond acceptors (Lipinski definition) is 2. The van der Waals surface area contributed by atoms with E-state index in [1.165, 1.54) is 5.56 Å². The molecular formula is C22H22ClN3O2. The number of fused-ring (bicyclic) bond motifs is 1. The van der Waals surface area contributed by atoms with Gasteiger partial charge in [-0.05, 0) is 61.4 Å². The first-order valence-corrected chi connectivity index (χ1v) is 9.74. The molecule has 2 aromatic carbocycles. The SMILES string of the molecule is Cc1ccc(C(=O)N2CCN(C(=O)c3cc4cc(Cl)ccc4[nH]3)CC2)cc1C. The van der Waals surface area contributed by atoms with Crippen LogP contribution in [-0.2, 0) is 0 Å². The van der Waals surface area contributed by atoms with Gasteiger partial charge in [0.05, 0.1) is 0 Å². The van der Waals surface area contributed by atoms with Gasteiger partial charge in [-0.2, -0.15) is 0 Å². The predicted molar refractivity (Wildman–Crippen MR) is 111 cm³/mol. The number of amides is 2. The van der Waals surface area contributed by atoms with Crippen LogP contribution in [0.3, 0.4) is 0 Å². The molecule has 0 spiro atoms. The molecule has 1 N–H and O–H groups in total. The Hall–Kier alpha value is -2.79. The lowest BCUT2D eigenvalue weighted by Gasteiger charge is -2.34. The number of aryl methyl sites for hydroxylation is 2. The highest BCUT2D eigenvalue weighted by atomic mass is 35.5. The van der Waals surface area contributed by atoms with Gasteiger partial charge < -0.3 is 14.8 Å². The quantitative estimate of drug-likeness (QED) is 0.712. The van der Waals surface area contributed by atoms with E-state index in [2.05, 4.69) is 4.98 Å². The van der Waals surface area contributed by atoms with E-state index in [-0.39, 0.29) is 11.8 Å². The normalized spacial score (nSPS) is 14.5. The molecule has 6 heteroatoms. The van der Waals surface area contributed by atoms with Crippen LogP contribution in [0.5, 0.6) is 0 Å². The topological polar surface area (TPSA) is 56.4 Å². The summed E-state index contributed by atoms with van der Waals surface area (Å²) in [6.07, 6.45) is 0. The molecule has 0 saturated carbocycles. The van der Waals surface area contributed by atoms with Gasteiger partial charge in [0.25, 0.3) is 11.8 Å². The van der Waals surface area contributed by atoms with Crippen molar-refractivity contribution in [1.82, 2.24) is 14.8 Å². The molecule has 0 aliphatic carbocycles. The number of halogens is 1. The van der Waals surface area contributed by atoms with Crippen molar-refractivity contribution in [2.75, 3.05) is 26.2 Å². The zero-order chi connectivity index (χ0) is 19.8. The zero-order valence-corrected chi connectivity index (χ0v) is 16.7. The summed E-state index contributed by atoms with van der Waals surface area (Å²) < 4.78 is 0. The highest BCUT2D eigenvalue weighted by Gasteiger charge is 2.26. The molecule has 0 atom stereocenters. The summed E-state index contributed by atoms with van der Waals surface area (Å²) in [6, 6.07) is 13.1. The number of nitrogens with zero attached hydrogens (tertiary/aromatic N) is 2. The largest absolute Gasteiger partial charge is 0.351 e. The van der Waals surface area contributed by atoms with E-state index in [0.717, 1.165) is 16.5 Å². The number of H-pyrrole nitrogens is 1. The standard InChI is InChI=1S/C22H22ClN3O2/c1-14-3-4-16(11-15(14)2)21(27)25-7-9-26(10-8-25)22(28)20-13-17-12-18(23)5-6-19(17)24-20/h3-6,11-13,24H,7-10H2,1-2H3. The Labute approximate surface area is 168 Å². The van der Waals surface area contributed by atoms with Crippen LogP contribution in [0.15, 0.2) is 42.5 Å². The summed E-state index contributed by atoms with van der Waals surface area (Å²) in [5, 5.41) is 1.56. The minimum atomic E-state index is -0.0504. The summed E-state index contributed by atoms with van der Waals surface area (Å²) in [6.45, 7) is 6.15. The Morgan fingerprint density at radius 1 is 0.857 bits per heavy atom. The Morgan fingerprint density at radius 3 is 2.21 bits per heavy atom. The molecule has 2 heterocycles. The Morgan fingerprint density at radius 2 is 1.54 bits per heavy atom. The van der Waals surface area contributed by atoms with Gasteiger partial charge >= 0.3 is 0 Å². The maximum atomic E-state index is 12.8. The third-order valence-corrected chi connectivity index (χ3v) is 5.66. The average Bonchev–Trinajstić information content (AvgIpc) is 3.12. The van der Waals surface area contributed by atoms with Crippen molar-refractivity contribution >= 4 is 34.3 Å². The molecular weight excluding hydrogens is 374 g/mol. The lowest BCUT2D eigenvalue weighted by Crippen LogP contribution is -2.50. The van der Waals surface area contributed by atoms with E-state index < -0.39 is 0 Å². The third kappa shape index (κ3) is 3.50. The summed E-state index contributed by atoms with van der Waals surface area (Å²) in [5.41, 5.74) is 4.42. The molecule has 1 fully saturated rings. The number of rotatable bonds is 2. The van der Waals surface area contributed by atoms with Crippen LogP contribution < -0.4 is 0 Å². The van der Waals surface area contributed by atoms with Gasteiger partial charge in [0, 0.05) is 47.7 Å². The Bertz CT molecular complexity index is 1060. The Balaban J connectivity index is 1.43. The highest BCUT2D eigenvalue weighted by Crippen LogP contribution is 2.21. The fourth-order valence-electron chi connectivity index (χ4n) is 3.56. The molecule has 3 aromatic rings. The van der Waals surface area contributed by atoms with Crippen molar-refractivity contribution < 1.29 is 9.59 Å². The number of carbonyl (C=O) groups excluding carboxylic acids is 2. The van der Waals surface area contributed by atoms with Crippen LogP contribution in [-0.4, -0.2) is 52.8 Å². The number of piperazine rings is 1. The van der Waals surface area contributed by atoms with E-state index in [4.69, 9.17) is 11.6 Å². The number of nitrogens with one attached hydrogen (secondary N) is 1. The average molecular weight is 396 g/mol. The third-order valence-electron chi connectivity index (χ3n) is 5.42. The number of benzene rings is 2. The monoisotopic (exact) mass is 395 g/mol. The van der Waals surface area contributed by atoms with Crippen molar-refractivity contribution in [1.29, 1.82) is 0 Å². The van der Waals surface area contributed by atoms with Crippen LogP contribution >= 0.6 is 11.6 Å². The van der Waals surface area contributed by atoms with Crippen molar-refractivity contribution in [3.8, 4) is 0 Å². The molecule has 5 nitrogen and oxygen atoms in total. The molecule has 2 amide bonds. The molecule has 0 bridgehead atoms. The van der Waals surface area contributed by atoms with Gasteiger partial charge in [0.1, 0.15) is 5.69 Å². The maximum absolute atomic E-state index is 12.8. The van der Waals surface area contributed by atoms with Crippen LogP contribution in [0.4, 0.5) is 0 Å². The maximum Gasteiger partial charge on any atom is 0.270 e. The minimum absolute atomic E-state index is 0.0236. The van der Waals surface area contributed by atoms with E-state index in [1.807, 2.05) is 55.1 Å². The van der Waals surface area contributed by atoms with E-state index >= 15 is 0 Å². The Kier molecular flexibility index (Phi) is 4.85. The highest BCUT2D eigenvalue weighted by molar-refractivity contribution is 6.31. The molecule has 28 heavy (non-hydrogen) atoms. The van der Waals surface area contributed by atoms with Crippen molar-refractivity contribution in [3.05, 3.63) is 69.9 Å². The fraction of sp³-hybridized carbons (Fsp3) is 0.273. The summed E-state index contributed by atoms with van der Waals surface area (Å²) >= 11 is 6.02. The number of hydrogen-bond donors (Lipinski definition) is 1. The number of aromatic amines is 1. The van der Waals surface area contributed by atoms with Crippen molar-refractivity contribution in [2.45, 2.75) is 13.8 Å². The molecule has 4 rings (SSSR count). The summed E-state index contributed by atoms with van der Waals surface area (Å²) in [7, 11) is 0. The first-order valence-electron chi connectivity index (χ1n) is 9.36. The second kappa shape index (κ2) is 7.32. The van der Waals surface area contributed by atoms with E-state index in [0.29, 0.717) is 42.5 Å². The molecule has 0 radical (unpaired) electrons. The van der Waals surface area contributed by atoms with Crippen LogP contribution in [0.2, 0.25) is 5.02 Å². The molecule has 1 aliphatic rings. The van der Waals surface area contributed by atoms with Crippen LogP contribution in [0.25, 0.3) is 10.9 Å². The summed E-state index contributed by atoms with van der Waals surface area (Å²) in [4.78, 5) is 32.4. The van der Waals surface area contributed by atoms with Gasteiger partial charge in [-0.25, -0.2) is 0 Å². The van der Waals surface area contributed by atoms with Crippen LogP contribution in [0, 0.1) is 13.8 Å². The minimum Gasteiger partial charge on any atom is -0.351 e. The molecule has 1 aliphatic heterocycles. The number of aromatic nitrogens is 1. The number of carbonyl (C=O) groups is 2. The van der Waals surface area contributed by atoms with Crippen LogP contribution in [0.1, 0.15) is 32.0 Å². The fourth-order valence-corrected chi connectivity index (χ4v) is 3.74. The van der Waals surface area contributed by atoms with E-state index in [9.17, 15) is 9.59 Å². The second-order valence-corrected chi connectivity index (χ2v) is 7.73. The van der Waals surface area contributed by atoms with Gasteiger partial charge in [0.2, 0.25) is 0 Å². The molecule has 0 unspecified atom stereocenters. The predicted octanol–water partition coefficient (Wildman–Crippen LogP) is 4.04. The zero-order valence-electron chi connectivity index (χ0n) is 16.0. The molecule has 144 valence electrons. The van der Waals surface area contributed by atoms with Gasteiger partial charge in [-0.1, -0.05) is 17.7 Å². The smallest absolute Gasteiger partial charge is 0.270 e. The first-order chi connectivity index (χ1) is 13.4.